The molecule has 1 heterocycles. The topological polar surface area (TPSA) is 47.6 Å². The van der Waals surface area contributed by atoms with Gasteiger partial charge in [0.2, 0.25) is 0 Å². The number of hydrogen-bond donors (Lipinski definition) is 1. The number of anilines is 1. The van der Waals surface area contributed by atoms with Crippen molar-refractivity contribution < 1.29 is 14.3 Å². The van der Waals surface area contributed by atoms with E-state index in [0.717, 1.165) is 17.9 Å². The molecule has 2 aliphatic rings. The van der Waals surface area contributed by atoms with Crippen LogP contribution in [0.5, 0.6) is 5.75 Å². The molecular weight excluding hydrogens is 326 g/mol. The van der Waals surface area contributed by atoms with E-state index in [4.69, 9.17) is 9.47 Å². The zero-order chi connectivity index (χ0) is 18.1. The molecule has 26 heavy (non-hydrogen) atoms. The van der Waals surface area contributed by atoms with Crippen LogP contribution in [0.25, 0.3) is 0 Å². The number of nitrogens with one attached hydrogen (secondary N) is 1. The Balaban J connectivity index is 1.71. The Labute approximate surface area is 153 Å². The molecule has 0 bridgehead atoms. The molecule has 0 spiro atoms. The van der Waals surface area contributed by atoms with Gasteiger partial charge in [0.15, 0.2) is 0 Å². The number of rotatable bonds is 4. The van der Waals surface area contributed by atoms with Gasteiger partial charge < -0.3 is 14.8 Å². The first-order valence-electron chi connectivity index (χ1n) is 9.10. The van der Waals surface area contributed by atoms with Gasteiger partial charge >= 0.3 is 5.97 Å². The molecule has 2 aromatic carbocycles. The molecular formula is C22H23NO3. The summed E-state index contributed by atoms with van der Waals surface area (Å²) >= 11 is 0. The second-order valence-electron chi connectivity index (χ2n) is 6.74. The Bertz CT molecular complexity index is 841. The van der Waals surface area contributed by atoms with Gasteiger partial charge in [-0.3, -0.25) is 0 Å². The zero-order valence-corrected chi connectivity index (χ0v) is 15.1. The van der Waals surface area contributed by atoms with Crippen molar-refractivity contribution in [2.75, 3.05) is 19.0 Å². The maximum atomic E-state index is 11.7. The van der Waals surface area contributed by atoms with Gasteiger partial charge in [-0.2, -0.15) is 0 Å². The monoisotopic (exact) mass is 349 g/mol. The largest absolute Gasteiger partial charge is 0.492 e. The highest BCUT2D eigenvalue weighted by Gasteiger charge is 2.38. The summed E-state index contributed by atoms with van der Waals surface area (Å²) in [5, 5.41) is 3.72. The Morgan fingerprint density at radius 2 is 2.00 bits per heavy atom. The van der Waals surface area contributed by atoms with Gasteiger partial charge in [-0.05, 0) is 48.6 Å². The zero-order valence-electron chi connectivity index (χ0n) is 15.1. The molecule has 0 saturated heterocycles. The molecule has 2 aromatic rings. The number of methoxy groups -OCH3 is 1. The van der Waals surface area contributed by atoms with Crippen LogP contribution in [0.15, 0.2) is 54.6 Å². The quantitative estimate of drug-likeness (QED) is 0.642. The molecule has 1 aliphatic heterocycles. The molecule has 3 atom stereocenters. The number of fused-ring (bicyclic) bond motifs is 3. The van der Waals surface area contributed by atoms with E-state index in [1.165, 1.54) is 18.2 Å². The van der Waals surface area contributed by atoms with Crippen LogP contribution in [-0.2, 0) is 4.74 Å². The fraction of sp³-hybridized carbons (Fsp3) is 0.318. The van der Waals surface area contributed by atoms with Crippen LogP contribution in [0.4, 0.5) is 5.69 Å². The highest BCUT2D eigenvalue weighted by Crippen LogP contribution is 2.52. The van der Waals surface area contributed by atoms with Crippen LogP contribution in [0.1, 0.15) is 46.8 Å². The first kappa shape index (κ1) is 16.7. The minimum atomic E-state index is -0.308. The van der Waals surface area contributed by atoms with Gasteiger partial charge in [-0.25, -0.2) is 4.79 Å². The Hall–Kier alpha value is -2.75. The number of benzene rings is 2. The third kappa shape index (κ3) is 2.75. The van der Waals surface area contributed by atoms with E-state index in [0.29, 0.717) is 24.0 Å². The van der Waals surface area contributed by atoms with E-state index in [2.05, 4.69) is 29.6 Å². The molecule has 4 heteroatoms. The molecule has 0 unspecified atom stereocenters. The van der Waals surface area contributed by atoms with Gasteiger partial charge in [0.05, 0.1) is 31.0 Å². The summed E-state index contributed by atoms with van der Waals surface area (Å²) < 4.78 is 10.7. The highest BCUT2D eigenvalue weighted by atomic mass is 16.5. The van der Waals surface area contributed by atoms with Gasteiger partial charge in [0.25, 0.3) is 0 Å². The van der Waals surface area contributed by atoms with E-state index in [9.17, 15) is 4.79 Å². The highest BCUT2D eigenvalue weighted by molar-refractivity contribution is 5.89. The van der Waals surface area contributed by atoms with E-state index < -0.39 is 0 Å². The third-order valence-electron chi connectivity index (χ3n) is 5.35. The number of carbonyl (C=O) groups excluding carboxylic acids is 1. The van der Waals surface area contributed by atoms with Crippen molar-refractivity contribution in [2.45, 2.75) is 25.3 Å². The summed E-state index contributed by atoms with van der Waals surface area (Å²) in [6.07, 6.45) is 5.63. The van der Waals surface area contributed by atoms with Gasteiger partial charge in [-0.1, -0.05) is 36.4 Å². The summed E-state index contributed by atoms with van der Waals surface area (Å²) in [5.41, 5.74) is 4.14. The van der Waals surface area contributed by atoms with Gasteiger partial charge in [0, 0.05) is 5.92 Å². The number of ether oxygens (including phenoxy) is 2. The SMILES string of the molecule is CCOc1cccc2c1N[C@H](c1ccc(C(=O)OC)cc1)[C@@H]1CC=C[C@H]21. The maximum Gasteiger partial charge on any atom is 0.337 e. The average molecular weight is 349 g/mol. The third-order valence-corrected chi connectivity index (χ3v) is 5.35. The van der Waals surface area contributed by atoms with E-state index in [1.54, 1.807) is 0 Å². The average Bonchev–Trinajstić information content (AvgIpc) is 3.17. The Kier molecular flexibility index (Phi) is 4.41. The molecule has 4 nitrogen and oxygen atoms in total. The van der Waals surface area contributed by atoms with Crippen LogP contribution in [-0.4, -0.2) is 19.7 Å². The van der Waals surface area contributed by atoms with Crippen molar-refractivity contribution in [1.29, 1.82) is 0 Å². The summed E-state index contributed by atoms with van der Waals surface area (Å²) in [5.74, 6) is 1.44. The Morgan fingerprint density at radius 3 is 2.73 bits per heavy atom. The van der Waals surface area contributed by atoms with Crippen LogP contribution in [0, 0.1) is 5.92 Å². The number of esters is 1. The van der Waals surface area contributed by atoms with Crippen LogP contribution in [0.3, 0.4) is 0 Å². The smallest absolute Gasteiger partial charge is 0.337 e. The molecule has 0 aromatic heterocycles. The molecule has 1 N–H and O–H groups in total. The normalized spacial score (nSPS) is 22.9. The number of allylic oxidation sites excluding steroid dienone is 2. The first-order chi connectivity index (χ1) is 12.7. The molecule has 134 valence electrons. The fourth-order valence-electron chi connectivity index (χ4n) is 4.14. The predicted molar refractivity (Wildman–Crippen MR) is 102 cm³/mol. The lowest BCUT2D eigenvalue weighted by Crippen LogP contribution is -2.29. The number of hydrogen-bond acceptors (Lipinski definition) is 4. The van der Waals surface area contributed by atoms with Crippen LogP contribution in [0.2, 0.25) is 0 Å². The van der Waals surface area contributed by atoms with E-state index in [1.807, 2.05) is 37.3 Å². The molecule has 0 amide bonds. The molecule has 0 saturated carbocycles. The summed E-state index contributed by atoms with van der Waals surface area (Å²) in [7, 11) is 1.40. The lowest BCUT2D eigenvalue weighted by atomic mass is 9.77. The van der Waals surface area contributed by atoms with Gasteiger partial charge in [-0.15, -0.1) is 0 Å². The summed E-state index contributed by atoms with van der Waals surface area (Å²) in [4.78, 5) is 11.7. The van der Waals surface area contributed by atoms with Crippen molar-refractivity contribution in [3.8, 4) is 5.75 Å². The van der Waals surface area contributed by atoms with Crippen LogP contribution >= 0.6 is 0 Å². The molecule has 0 fully saturated rings. The summed E-state index contributed by atoms with van der Waals surface area (Å²) in [6, 6.07) is 14.2. The molecule has 4 rings (SSSR count). The van der Waals surface area contributed by atoms with E-state index >= 15 is 0 Å². The first-order valence-corrected chi connectivity index (χ1v) is 9.10. The van der Waals surface area contributed by atoms with Crippen LogP contribution < -0.4 is 10.1 Å². The van der Waals surface area contributed by atoms with Crippen molar-refractivity contribution in [2.24, 2.45) is 5.92 Å². The Morgan fingerprint density at radius 1 is 1.19 bits per heavy atom. The number of para-hydroxylation sites is 1. The second-order valence-corrected chi connectivity index (χ2v) is 6.74. The lowest BCUT2D eigenvalue weighted by Gasteiger charge is -2.38. The van der Waals surface area contributed by atoms with E-state index in [-0.39, 0.29) is 12.0 Å². The standard InChI is InChI=1S/C22H23NO3/c1-3-26-19-9-5-8-18-16-6-4-7-17(16)20(23-21(18)19)14-10-12-15(13-11-14)22(24)25-2/h4-6,8-13,16-17,20,23H,3,7H2,1-2H3/t16-,17+,20+/m0/s1. The lowest BCUT2D eigenvalue weighted by molar-refractivity contribution is 0.0600. The molecule has 1 aliphatic carbocycles. The maximum absolute atomic E-state index is 11.7. The molecule has 0 radical (unpaired) electrons. The van der Waals surface area contributed by atoms with Crippen molar-refractivity contribution in [1.82, 2.24) is 0 Å². The van der Waals surface area contributed by atoms with Crippen molar-refractivity contribution in [3.63, 3.8) is 0 Å². The van der Waals surface area contributed by atoms with Crippen molar-refractivity contribution in [3.05, 3.63) is 71.3 Å². The second kappa shape index (κ2) is 6.87. The summed E-state index contributed by atoms with van der Waals surface area (Å²) in [6.45, 7) is 2.64. The fourth-order valence-corrected chi connectivity index (χ4v) is 4.14. The van der Waals surface area contributed by atoms with Gasteiger partial charge in [0.1, 0.15) is 5.75 Å². The minimum Gasteiger partial charge on any atom is -0.492 e. The predicted octanol–water partition coefficient (Wildman–Crippen LogP) is 4.70. The minimum absolute atomic E-state index is 0.177. The van der Waals surface area contributed by atoms with Crippen molar-refractivity contribution >= 4 is 11.7 Å². The number of carbonyl (C=O) groups is 1.